The SMILES string of the molecule is CCCCCCCCCCCCSCCCCCCCCCCCCCCCCCCCCCCCCCCCCCCCCCCCCCCCCC(=O)NCCCCCCCCCCC(=O)O. The Kier molecular flexibility index (Phi) is 62.8. The van der Waals surface area contributed by atoms with E-state index in [-0.39, 0.29) is 5.91 Å². The van der Waals surface area contributed by atoms with Crippen molar-refractivity contribution in [3.63, 3.8) is 0 Å². The van der Waals surface area contributed by atoms with E-state index in [1.807, 2.05) is 0 Å². The van der Waals surface area contributed by atoms with Crippen LogP contribution in [0, 0.1) is 0 Å². The van der Waals surface area contributed by atoms with Gasteiger partial charge in [0.2, 0.25) is 5.91 Å². The van der Waals surface area contributed by atoms with Gasteiger partial charge in [-0.25, -0.2) is 0 Å². The minimum Gasteiger partial charge on any atom is -0.481 e. The number of unbranched alkanes of at least 4 members (excludes halogenated alkanes) is 53. The van der Waals surface area contributed by atoms with Crippen LogP contribution >= 0.6 is 11.8 Å². The predicted molar refractivity (Wildman–Crippen MR) is 311 cm³/mol. The van der Waals surface area contributed by atoms with Crippen molar-refractivity contribution in [2.75, 3.05) is 18.1 Å². The molecule has 69 heavy (non-hydrogen) atoms. The van der Waals surface area contributed by atoms with Crippen LogP contribution in [-0.4, -0.2) is 35.0 Å². The summed E-state index contributed by atoms with van der Waals surface area (Å²) in [6, 6.07) is 0. The van der Waals surface area contributed by atoms with Gasteiger partial charge in [0.15, 0.2) is 0 Å². The van der Waals surface area contributed by atoms with Crippen LogP contribution in [-0.2, 0) is 9.59 Å². The fourth-order valence-electron chi connectivity index (χ4n) is 10.4. The number of carboxylic acid groups (broad SMARTS) is 1. The predicted octanol–water partition coefficient (Wildman–Crippen LogP) is 22.6. The van der Waals surface area contributed by atoms with E-state index in [0.29, 0.717) is 12.8 Å². The van der Waals surface area contributed by atoms with Crippen LogP contribution in [0.3, 0.4) is 0 Å². The first-order valence-corrected chi connectivity index (χ1v) is 33.4. The van der Waals surface area contributed by atoms with Gasteiger partial charge in [0.25, 0.3) is 0 Å². The molecule has 0 rings (SSSR count). The summed E-state index contributed by atoms with van der Waals surface area (Å²) in [7, 11) is 0. The lowest BCUT2D eigenvalue weighted by molar-refractivity contribution is -0.137. The number of hydrogen-bond acceptors (Lipinski definition) is 3. The van der Waals surface area contributed by atoms with E-state index in [0.717, 1.165) is 38.6 Å². The highest BCUT2D eigenvalue weighted by Crippen LogP contribution is 2.19. The summed E-state index contributed by atoms with van der Waals surface area (Å²) in [5.41, 5.74) is 0. The third-order valence-electron chi connectivity index (χ3n) is 15.2. The first-order chi connectivity index (χ1) is 34.2. The van der Waals surface area contributed by atoms with Gasteiger partial charge >= 0.3 is 5.97 Å². The number of carboxylic acids is 1. The van der Waals surface area contributed by atoms with Crippen molar-refractivity contribution in [2.24, 2.45) is 0 Å². The first kappa shape index (κ1) is 68.3. The summed E-state index contributed by atoms with van der Waals surface area (Å²) in [5.74, 6) is 2.37. The Bertz CT molecular complexity index is 959. The Morgan fingerprint density at radius 1 is 0.275 bits per heavy atom. The molecule has 0 unspecified atom stereocenters. The van der Waals surface area contributed by atoms with E-state index in [1.165, 1.54) is 339 Å². The second-order valence-corrected chi connectivity index (χ2v) is 23.5. The van der Waals surface area contributed by atoms with Gasteiger partial charge in [-0.1, -0.05) is 334 Å². The lowest BCUT2D eigenvalue weighted by atomic mass is 10.0. The Morgan fingerprint density at radius 2 is 0.478 bits per heavy atom. The Morgan fingerprint density at radius 3 is 0.725 bits per heavy atom. The van der Waals surface area contributed by atoms with E-state index in [9.17, 15) is 9.59 Å². The maximum atomic E-state index is 12.1. The van der Waals surface area contributed by atoms with Crippen LogP contribution in [0.15, 0.2) is 0 Å². The molecule has 0 aromatic carbocycles. The standard InChI is InChI=1S/C64H127NO3S/c1-2-3-4-5-6-7-41-46-51-56-61-69-62-57-52-47-42-37-35-33-31-29-27-25-23-21-19-17-15-13-11-9-8-10-12-14-16-18-20-22-24-26-28-30-32-34-36-38-43-48-53-58-63(66)65-60-55-50-45-40-39-44-49-54-59-64(67)68/h2-62H2,1H3,(H,65,66)(H,67,68). The molecule has 0 aliphatic heterocycles. The number of carbonyl (C=O) groups excluding carboxylic acids is 1. The van der Waals surface area contributed by atoms with E-state index in [1.54, 1.807) is 0 Å². The molecular weight excluding hydrogens is 863 g/mol. The molecule has 0 fully saturated rings. The smallest absolute Gasteiger partial charge is 0.303 e. The maximum Gasteiger partial charge on any atom is 0.303 e. The molecule has 0 aliphatic rings. The number of aliphatic carboxylic acids is 1. The van der Waals surface area contributed by atoms with Crippen LogP contribution < -0.4 is 5.32 Å². The van der Waals surface area contributed by atoms with Crippen molar-refractivity contribution in [2.45, 2.75) is 379 Å². The number of hydrogen-bond donors (Lipinski definition) is 2. The monoisotopic (exact) mass is 990 g/mol. The van der Waals surface area contributed by atoms with Crippen LogP contribution in [0.5, 0.6) is 0 Å². The van der Waals surface area contributed by atoms with Gasteiger partial charge in [-0.2, -0.15) is 11.8 Å². The number of amides is 1. The van der Waals surface area contributed by atoms with Crippen molar-refractivity contribution in [1.29, 1.82) is 0 Å². The Labute approximate surface area is 439 Å². The first-order valence-electron chi connectivity index (χ1n) is 32.2. The van der Waals surface area contributed by atoms with Gasteiger partial charge in [-0.3, -0.25) is 9.59 Å². The highest BCUT2D eigenvalue weighted by Gasteiger charge is 2.03. The number of rotatable bonds is 63. The van der Waals surface area contributed by atoms with Crippen LogP contribution in [0.25, 0.3) is 0 Å². The molecule has 0 atom stereocenters. The number of thioether (sulfide) groups is 1. The summed E-state index contributed by atoms with van der Waals surface area (Å²) in [4.78, 5) is 22.6. The topological polar surface area (TPSA) is 66.4 Å². The third-order valence-corrected chi connectivity index (χ3v) is 16.4. The minimum atomic E-state index is -0.680. The lowest BCUT2D eigenvalue weighted by Crippen LogP contribution is -2.23. The normalized spacial score (nSPS) is 11.6. The van der Waals surface area contributed by atoms with Crippen molar-refractivity contribution < 1.29 is 14.7 Å². The molecule has 0 radical (unpaired) electrons. The molecule has 5 heteroatoms. The quantitative estimate of drug-likeness (QED) is 0.0596. The van der Waals surface area contributed by atoms with E-state index in [2.05, 4.69) is 24.0 Å². The summed E-state index contributed by atoms with van der Waals surface area (Å²) in [5, 5.41) is 11.8. The molecule has 4 nitrogen and oxygen atoms in total. The van der Waals surface area contributed by atoms with E-state index in [4.69, 9.17) is 5.11 Å². The molecular formula is C64H127NO3S. The molecule has 2 N–H and O–H groups in total. The summed E-state index contributed by atoms with van der Waals surface area (Å²) in [6.45, 7) is 3.13. The van der Waals surface area contributed by atoms with Crippen molar-refractivity contribution in [3.8, 4) is 0 Å². The summed E-state index contributed by atoms with van der Waals surface area (Å²) >= 11 is 2.22. The van der Waals surface area contributed by atoms with Crippen LogP contribution in [0.2, 0.25) is 0 Å². The average molecular weight is 991 g/mol. The van der Waals surface area contributed by atoms with E-state index >= 15 is 0 Å². The number of nitrogens with one attached hydrogen (secondary N) is 1. The highest BCUT2D eigenvalue weighted by molar-refractivity contribution is 7.99. The van der Waals surface area contributed by atoms with E-state index < -0.39 is 5.97 Å². The molecule has 0 heterocycles. The zero-order valence-electron chi connectivity index (χ0n) is 47.3. The molecule has 0 aromatic rings. The third kappa shape index (κ3) is 65.3. The van der Waals surface area contributed by atoms with Gasteiger partial charge in [0, 0.05) is 19.4 Å². The average Bonchev–Trinajstić information content (AvgIpc) is 3.34. The lowest BCUT2D eigenvalue weighted by Gasteiger charge is -2.06. The molecule has 0 saturated heterocycles. The summed E-state index contributed by atoms with van der Waals surface area (Å²) in [6.07, 6.45) is 79.1. The minimum absolute atomic E-state index is 0.232. The zero-order chi connectivity index (χ0) is 49.7. The van der Waals surface area contributed by atoms with Crippen molar-refractivity contribution in [1.82, 2.24) is 5.32 Å². The second kappa shape index (κ2) is 63.4. The molecule has 0 aliphatic carbocycles. The van der Waals surface area contributed by atoms with Gasteiger partial charge in [0.05, 0.1) is 0 Å². The molecule has 412 valence electrons. The van der Waals surface area contributed by atoms with Crippen LogP contribution in [0.4, 0.5) is 0 Å². The molecule has 1 amide bonds. The maximum absolute atomic E-state index is 12.1. The van der Waals surface area contributed by atoms with Crippen LogP contribution in [0.1, 0.15) is 379 Å². The van der Waals surface area contributed by atoms with Crippen molar-refractivity contribution in [3.05, 3.63) is 0 Å². The number of carbonyl (C=O) groups is 2. The molecule has 0 saturated carbocycles. The van der Waals surface area contributed by atoms with Crippen molar-refractivity contribution >= 4 is 23.6 Å². The Hall–Kier alpha value is -0.710. The molecule has 0 bridgehead atoms. The second-order valence-electron chi connectivity index (χ2n) is 22.3. The van der Waals surface area contributed by atoms with Gasteiger partial charge in [-0.05, 0) is 43.6 Å². The zero-order valence-corrected chi connectivity index (χ0v) is 48.1. The van der Waals surface area contributed by atoms with Gasteiger partial charge < -0.3 is 10.4 Å². The Balaban J connectivity index is 3.11. The van der Waals surface area contributed by atoms with Gasteiger partial charge in [-0.15, -0.1) is 0 Å². The summed E-state index contributed by atoms with van der Waals surface area (Å²) < 4.78 is 0. The largest absolute Gasteiger partial charge is 0.481 e. The van der Waals surface area contributed by atoms with Gasteiger partial charge in [0.1, 0.15) is 0 Å². The fourth-order valence-corrected chi connectivity index (χ4v) is 11.4. The molecule has 0 spiro atoms. The fraction of sp³-hybridized carbons (Fsp3) is 0.969. The molecule has 0 aromatic heterocycles. The highest BCUT2D eigenvalue weighted by atomic mass is 32.2.